The molecule has 2 aromatic heterocycles. The van der Waals surface area contributed by atoms with E-state index in [0.717, 1.165) is 78.4 Å². The third kappa shape index (κ3) is 6.34. The molecule has 0 saturated carbocycles. The van der Waals surface area contributed by atoms with E-state index in [4.69, 9.17) is 17.3 Å². The second-order valence-electron chi connectivity index (χ2n) is 11.4. The fourth-order valence-corrected chi connectivity index (χ4v) is 8.53. The number of likely N-dealkylation sites (N-methyl/N-ethyl adjacent to an activating group) is 2. The Labute approximate surface area is 274 Å². The van der Waals surface area contributed by atoms with Gasteiger partial charge < -0.3 is 15.5 Å². The molecular weight excluding hydrogens is 633 g/mol. The Bertz CT molecular complexity index is 1850. The summed E-state index contributed by atoms with van der Waals surface area (Å²) < 4.78 is 17.0. The molecule has 238 valence electrons. The van der Waals surface area contributed by atoms with Gasteiger partial charge in [0.25, 0.3) is 0 Å². The Morgan fingerprint density at radius 3 is 2.67 bits per heavy atom. The summed E-state index contributed by atoms with van der Waals surface area (Å²) in [5.41, 5.74) is 8.40. The maximum atomic E-state index is 14.8. The average molecular weight is 670 g/mol. The lowest BCUT2D eigenvalue weighted by atomic mass is 10.0. The van der Waals surface area contributed by atoms with Crippen LogP contribution in [-0.4, -0.2) is 102 Å². The topological polar surface area (TPSA) is 108 Å². The SMILES string of the molecule is CCCN=C=NCCN(C)c1nc(=O)n2c3c(c(-c4ccc(F)c5sc(N)nc45)c(Cl)cc13)SC[C@@H]2CN1CCN(CC)CC1. The number of thioether (sulfide) groups is 1. The number of aliphatic imine (C=N–C) groups is 2. The van der Waals surface area contributed by atoms with Crippen molar-refractivity contribution in [1.82, 2.24) is 24.3 Å². The molecule has 0 radical (unpaired) electrons. The molecule has 0 unspecified atom stereocenters. The van der Waals surface area contributed by atoms with E-state index in [9.17, 15) is 9.18 Å². The molecule has 45 heavy (non-hydrogen) atoms. The van der Waals surface area contributed by atoms with E-state index in [1.165, 1.54) is 6.07 Å². The van der Waals surface area contributed by atoms with Gasteiger partial charge in [0.05, 0.1) is 39.4 Å². The van der Waals surface area contributed by atoms with E-state index in [-0.39, 0.29) is 22.7 Å². The van der Waals surface area contributed by atoms with E-state index in [2.05, 4.69) is 49.6 Å². The number of thiazole rings is 1. The van der Waals surface area contributed by atoms with Crippen LogP contribution in [0.2, 0.25) is 5.02 Å². The summed E-state index contributed by atoms with van der Waals surface area (Å²) in [6.07, 6.45) is 0.937. The predicted molar refractivity (Wildman–Crippen MR) is 185 cm³/mol. The van der Waals surface area contributed by atoms with Gasteiger partial charge >= 0.3 is 5.69 Å². The van der Waals surface area contributed by atoms with Gasteiger partial charge in [-0.15, -0.1) is 11.8 Å². The number of halogens is 2. The minimum Gasteiger partial charge on any atom is -0.375 e. The van der Waals surface area contributed by atoms with Crippen LogP contribution in [0, 0.1) is 5.82 Å². The predicted octanol–water partition coefficient (Wildman–Crippen LogP) is 5.35. The zero-order valence-electron chi connectivity index (χ0n) is 25.7. The minimum atomic E-state index is -0.378. The summed E-state index contributed by atoms with van der Waals surface area (Å²) in [5, 5.41) is 1.55. The standard InChI is InChI=1S/C31H37ClFN9OS2/c1-4-8-35-18-36-9-10-39(3)29-21-15-22(32)24(20-6-7-23(33)27-25(20)37-30(34)45-27)28-26(21)42(31(43)38-29)19(17-44-28)16-41-13-11-40(5-2)12-14-41/h6-7,15,19H,4-5,8-14,16-17H2,1-3H3,(H2,34,37)/t19-/m0/s1. The van der Waals surface area contributed by atoms with E-state index < -0.39 is 0 Å². The molecule has 0 spiro atoms. The smallest absolute Gasteiger partial charge is 0.350 e. The summed E-state index contributed by atoms with van der Waals surface area (Å²) in [6.45, 7) is 11.6. The van der Waals surface area contributed by atoms with Crippen LogP contribution in [0.25, 0.3) is 32.2 Å². The van der Waals surface area contributed by atoms with Gasteiger partial charge in [-0.05, 0) is 31.2 Å². The van der Waals surface area contributed by atoms with Gasteiger partial charge in [0.1, 0.15) is 11.6 Å². The highest BCUT2D eigenvalue weighted by molar-refractivity contribution is 7.99. The maximum Gasteiger partial charge on any atom is 0.350 e. The second kappa shape index (κ2) is 13.7. The molecule has 14 heteroatoms. The summed E-state index contributed by atoms with van der Waals surface area (Å²) in [4.78, 5) is 39.2. The van der Waals surface area contributed by atoms with Crippen molar-refractivity contribution in [2.75, 3.05) is 82.3 Å². The number of hydrogen-bond donors (Lipinski definition) is 1. The second-order valence-corrected chi connectivity index (χ2v) is 13.8. The lowest BCUT2D eigenvalue weighted by Crippen LogP contribution is -2.49. The first-order valence-corrected chi connectivity index (χ1v) is 17.5. The number of anilines is 2. The fourth-order valence-electron chi connectivity index (χ4n) is 6.08. The van der Waals surface area contributed by atoms with Crippen LogP contribution in [0.4, 0.5) is 15.3 Å². The van der Waals surface area contributed by atoms with E-state index in [1.807, 2.05) is 22.6 Å². The quantitative estimate of drug-likeness (QED) is 0.225. The highest BCUT2D eigenvalue weighted by Crippen LogP contribution is 2.49. The first-order valence-electron chi connectivity index (χ1n) is 15.3. The number of piperazine rings is 1. The first kappa shape index (κ1) is 31.9. The van der Waals surface area contributed by atoms with Gasteiger partial charge in [-0.2, -0.15) is 4.98 Å². The summed E-state index contributed by atoms with van der Waals surface area (Å²) in [5.74, 6) is 0.841. The van der Waals surface area contributed by atoms with Crippen molar-refractivity contribution in [2.24, 2.45) is 9.98 Å². The molecule has 4 heterocycles. The maximum absolute atomic E-state index is 14.8. The van der Waals surface area contributed by atoms with Gasteiger partial charge in [0, 0.05) is 80.0 Å². The van der Waals surface area contributed by atoms with Gasteiger partial charge in [0.15, 0.2) is 5.13 Å². The van der Waals surface area contributed by atoms with Gasteiger partial charge in [-0.1, -0.05) is 36.8 Å². The van der Waals surface area contributed by atoms with E-state index >= 15 is 0 Å². The van der Waals surface area contributed by atoms with Crippen molar-refractivity contribution >= 4 is 72.8 Å². The Hall–Kier alpha value is -3.06. The van der Waals surface area contributed by atoms with Crippen LogP contribution in [0.5, 0.6) is 0 Å². The number of aromatic nitrogens is 3. The zero-order valence-corrected chi connectivity index (χ0v) is 28.1. The van der Waals surface area contributed by atoms with Crippen molar-refractivity contribution in [3.8, 4) is 11.1 Å². The van der Waals surface area contributed by atoms with Gasteiger partial charge in [0.2, 0.25) is 0 Å². The third-order valence-electron chi connectivity index (χ3n) is 8.43. The third-order valence-corrected chi connectivity index (χ3v) is 10.9. The van der Waals surface area contributed by atoms with Crippen LogP contribution in [0.3, 0.4) is 0 Å². The number of fused-ring (bicyclic) bond motifs is 1. The zero-order chi connectivity index (χ0) is 31.7. The van der Waals surface area contributed by atoms with Crippen LogP contribution < -0.4 is 16.3 Å². The summed E-state index contributed by atoms with van der Waals surface area (Å²) >= 11 is 9.90. The summed E-state index contributed by atoms with van der Waals surface area (Å²) in [7, 11) is 1.90. The first-order chi connectivity index (χ1) is 21.8. The normalized spacial score (nSPS) is 17.1. The van der Waals surface area contributed by atoms with Crippen molar-refractivity contribution in [2.45, 2.75) is 31.2 Å². The highest BCUT2D eigenvalue weighted by Gasteiger charge is 2.32. The molecule has 2 N–H and O–H groups in total. The van der Waals surface area contributed by atoms with Crippen LogP contribution in [0.15, 0.2) is 37.9 Å². The fraction of sp³-hybridized carbons (Fsp3) is 0.484. The van der Waals surface area contributed by atoms with Crippen LogP contribution in [-0.2, 0) is 0 Å². The van der Waals surface area contributed by atoms with Gasteiger partial charge in [-0.3, -0.25) is 9.47 Å². The lowest BCUT2D eigenvalue weighted by molar-refractivity contribution is 0.126. The number of nitrogens with zero attached hydrogens (tertiary/aromatic N) is 8. The molecule has 2 aliphatic rings. The lowest BCUT2D eigenvalue weighted by Gasteiger charge is -2.38. The molecule has 10 nitrogen and oxygen atoms in total. The summed E-state index contributed by atoms with van der Waals surface area (Å²) in [6, 6.07) is 7.68. The van der Waals surface area contributed by atoms with Crippen molar-refractivity contribution < 1.29 is 4.39 Å². The molecule has 6 rings (SSSR count). The monoisotopic (exact) mass is 669 g/mol. The molecule has 0 amide bonds. The van der Waals surface area contributed by atoms with Crippen molar-refractivity contribution in [3.05, 3.63) is 39.5 Å². The molecule has 1 fully saturated rings. The molecule has 0 bridgehead atoms. The average Bonchev–Trinajstić information content (AvgIpc) is 3.44. The van der Waals surface area contributed by atoms with Crippen molar-refractivity contribution in [3.63, 3.8) is 0 Å². The molecule has 2 aliphatic heterocycles. The highest BCUT2D eigenvalue weighted by atomic mass is 35.5. The van der Waals surface area contributed by atoms with Crippen LogP contribution in [0.1, 0.15) is 26.3 Å². The number of hydrogen-bond acceptors (Lipinski definition) is 11. The van der Waals surface area contributed by atoms with E-state index in [1.54, 1.807) is 17.8 Å². The largest absolute Gasteiger partial charge is 0.375 e. The molecule has 1 saturated heterocycles. The Morgan fingerprint density at radius 1 is 1.16 bits per heavy atom. The molecule has 0 aliphatic carbocycles. The Morgan fingerprint density at radius 2 is 1.91 bits per heavy atom. The number of nitrogen functional groups attached to an aromatic ring is 1. The van der Waals surface area contributed by atoms with Gasteiger partial charge in [-0.25, -0.2) is 24.2 Å². The van der Waals surface area contributed by atoms with E-state index in [0.29, 0.717) is 52.0 Å². The number of rotatable bonds is 10. The number of benzene rings is 2. The molecule has 1 atom stereocenters. The Balaban J connectivity index is 1.48. The Kier molecular flexibility index (Phi) is 9.74. The minimum absolute atomic E-state index is 0.0749. The molecular formula is C31H37ClFN9OS2. The molecule has 2 aromatic carbocycles. The van der Waals surface area contributed by atoms with Crippen molar-refractivity contribution in [1.29, 1.82) is 0 Å². The molecule has 4 aromatic rings. The number of nitrogens with two attached hydrogens (primary N) is 1. The van der Waals surface area contributed by atoms with Crippen LogP contribution >= 0.6 is 34.7 Å².